The number of nitrogens with two attached hydrogens (primary N) is 1. The van der Waals surface area contributed by atoms with Crippen LogP contribution in [-0.2, 0) is 6.54 Å². The second-order valence-electron chi connectivity index (χ2n) is 7.77. The number of hydrogen-bond acceptors (Lipinski definition) is 8. The molecule has 0 spiro atoms. The van der Waals surface area contributed by atoms with Crippen molar-refractivity contribution < 1.29 is 9.53 Å². The molecule has 0 atom stereocenters. The van der Waals surface area contributed by atoms with E-state index in [2.05, 4.69) is 35.8 Å². The molecule has 4 rings (SSSR count). The summed E-state index contributed by atoms with van der Waals surface area (Å²) < 4.78 is 5.36. The van der Waals surface area contributed by atoms with Crippen LogP contribution in [0, 0.1) is 0 Å². The summed E-state index contributed by atoms with van der Waals surface area (Å²) in [4.78, 5) is 27.5. The van der Waals surface area contributed by atoms with Crippen LogP contribution >= 0.6 is 0 Å². The summed E-state index contributed by atoms with van der Waals surface area (Å²) in [6.45, 7) is 2.19. The lowest BCUT2D eigenvalue weighted by Crippen LogP contribution is -2.45. The molecule has 3 aromatic rings. The van der Waals surface area contributed by atoms with Crippen LogP contribution in [0.1, 0.15) is 18.7 Å². The lowest BCUT2D eigenvalue weighted by Gasteiger charge is -2.31. The summed E-state index contributed by atoms with van der Waals surface area (Å²) in [5, 5.41) is 9.06. The molecule has 0 radical (unpaired) electrons. The summed E-state index contributed by atoms with van der Waals surface area (Å²) in [6, 6.07) is 16.9. The lowest BCUT2D eigenvalue weighted by atomic mass is 10.1. The Hall–Kier alpha value is -3.92. The van der Waals surface area contributed by atoms with E-state index >= 15 is 0 Å². The van der Waals surface area contributed by atoms with E-state index in [0.29, 0.717) is 24.1 Å². The highest BCUT2D eigenvalue weighted by Gasteiger charge is 2.22. The van der Waals surface area contributed by atoms with Crippen LogP contribution < -0.4 is 26.4 Å². The first-order valence-corrected chi connectivity index (χ1v) is 10.8. The predicted octanol–water partition coefficient (Wildman–Crippen LogP) is 2.99. The number of anilines is 4. The number of amides is 2. The van der Waals surface area contributed by atoms with E-state index < -0.39 is 0 Å². The maximum absolute atomic E-state index is 12.2. The molecule has 5 N–H and O–H groups in total. The minimum atomic E-state index is -0.183. The molecule has 33 heavy (non-hydrogen) atoms. The van der Waals surface area contributed by atoms with Gasteiger partial charge in [0.25, 0.3) is 0 Å². The number of piperidine rings is 1. The van der Waals surface area contributed by atoms with Gasteiger partial charge in [-0.25, -0.2) is 4.79 Å². The molecular weight excluding hydrogens is 420 g/mol. The molecule has 1 fully saturated rings. The number of aromatic nitrogens is 3. The van der Waals surface area contributed by atoms with Crippen molar-refractivity contribution in [3.63, 3.8) is 0 Å². The molecule has 10 nitrogen and oxygen atoms in total. The van der Waals surface area contributed by atoms with Crippen LogP contribution in [0.15, 0.2) is 54.6 Å². The lowest BCUT2D eigenvalue weighted by molar-refractivity contribution is 0.186. The highest BCUT2D eigenvalue weighted by Crippen LogP contribution is 2.25. The van der Waals surface area contributed by atoms with Gasteiger partial charge in [0.2, 0.25) is 11.9 Å². The third kappa shape index (κ3) is 6.30. The monoisotopic (exact) mass is 448 g/mol. The predicted molar refractivity (Wildman–Crippen MR) is 127 cm³/mol. The van der Waals surface area contributed by atoms with Gasteiger partial charge in [0.1, 0.15) is 11.6 Å². The molecule has 0 unspecified atom stereocenters. The molecule has 1 saturated heterocycles. The Balaban J connectivity index is 1.30. The quantitative estimate of drug-likeness (QED) is 0.434. The summed E-state index contributed by atoms with van der Waals surface area (Å²) in [5.74, 6) is 1.81. The number of nitrogens with one attached hydrogen (secondary N) is 3. The van der Waals surface area contributed by atoms with E-state index in [1.54, 1.807) is 7.11 Å². The number of likely N-dealkylation sites (tertiary alicyclic amines) is 1. The number of rotatable bonds is 7. The standard InChI is InChI=1S/C23H28N8O2/c1-33-19-10-6-5-9-18(19)27-22-29-20(28-21(24)30-22)15-31-13-11-17(12-14-31)26-23(32)25-16-7-3-2-4-8-16/h2-10,17H,11-15H2,1H3,(H2,25,26,32)(H3,24,27,28,29,30). The number of carbonyl (C=O) groups is 1. The van der Waals surface area contributed by atoms with Crippen LogP contribution in [0.5, 0.6) is 5.75 Å². The van der Waals surface area contributed by atoms with E-state index in [9.17, 15) is 4.79 Å². The van der Waals surface area contributed by atoms with Crippen molar-refractivity contribution in [1.29, 1.82) is 0 Å². The minimum absolute atomic E-state index is 0.121. The third-order valence-electron chi connectivity index (χ3n) is 5.37. The first-order chi connectivity index (χ1) is 16.1. The summed E-state index contributed by atoms with van der Waals surface area (Å²) in [5.41, 5.74) is 7.45. The van der Waals surface area contributed by atoms with Gasteiger partial charge >= 0.3 is 6.03 Å². The Kier molecular flexibility index (Phi) is 7.16. The molecule has 0 bridgehead atoms. The SMILES string of the molecule is COc1ccccc1Nc1nc(N)nc(CN2CCC(NC(=O)Nc3ccccc3)CC2)n1. The van der Waals surface area contributed by atoms with Gasteiger partial charge in [0, 0.05) is 24.8 Å². The Labute approximate surface area is 192 Å². The van der Waals surface area contributed by atoms with E-state index in [1.807, 2.05) is 54.6 Å². The molecule has 2 amide bonds. The fourth-order valence-electron chi connectivity index (χ4n) is 3.74. The fourth-order valence-corrected chi connectivity index (χ4v) is 3.74. The molecule has 0 saturated carbocycles. The van der Waals surface area contributed by atoms with Crippen molar-refractivity contribution >= 4 is 29.3 Å². The first-order valence-electron chi connectivity index (χ1n) is 10.8. The molecule has 1 aliphatic rings. The number of hydrogen-bond donors (Lipinski definition) is 4. The molecule has 10 heteroatoms. The van der Waals surface area contributed by atoms with Gasteiger partial charge in [-0.05, 0) is 37.1 Å². The van der Waals surface area contributed by atoms with Gasteiger partial charge in [0.05, 0.1) is 19.3 Å². The zero-order valence-corrected chi connectivity index (χ0v) is 18.5. The number of urea groups is 1. The van der Waals surface area contributed by atoms with Gasteiger partial charge < -0.3 is 26.4 Å². The van der Waals surface area contributed by atoms with Crippen molar-refractivity contribution in [1.82, 2.24) is 25.2 Å². The fraction of sp³-hybridized carbons (Fsp3) is 0.304. The van der Waals surface area contributed by atoms with Crippen LogP contribution in [0.25, 0.3) is 0 Å². The van der Waals surface area contributed by atoms with Gasteiger partial charge in [0.15, 0.2) is 0 Å². The Morgan fingerprint density at radius 3 is 2.55 bits per heavy atom. The van der Waals surface area contributed by atoms with Crippen molar-refractivity contribution in [2.24, 2.45) is 0 Å². The Morgan fingerprint density at radius 2 is 1.79 bits per heavy atom. The Bertz CT molecular complexity index is 1070. The maximum atomic E-state index is 12.2. The second-order valence-corrected chi connectivity index (χ2v) is 7.77. The van der Waals surface area contributed by atoms with Crippen molar-refractivity contribution in [3.05, 3.63) is 60.4 Å². The molecule has 0 aliphatic carbocycles. The summed E-state index contributed by atoms with van der Waals surface area (Å²) in [7, 11) is 1.61. The van der Waals surface area contributed by atoms with E-state index in [0.717, 1.165) is 37.3 Å². The van der Waals surface area contributed by atoms with Crippen LogP contribution in [-0.4, -0.2) is 52.1 Å². The zero-order chi connectivity index (χ0) is 23.0. The molecule has 1 aromatic heterocycles. The molecule has 2 aromatic carbocycles. The van der Waals surface area contributed by atoms with Crippen LogP contribution in [0.3, 0.4) is 0 Å². The number of nitrogens with zero attached hydrogens (tertiary/aromatic N) is 4. The molecular formula is C23H28N8O2. The van der Waals surface area contributed by atoms with Gasteiger partial charge in [-0.3, -0.25) is 4.90 Å². The van der Waals surface area contributed by atoms with Crippen molar-refractivity contribution in [2.75, 3.05) is 36.6 Å². The van der Waals surface area contributed by atoms with Crippen molar-refractivity contribution in [2.45, 2.75) is 25.4 Å². The molecule has 172 valence electrons. The summed E-state index contributed by atoms with van der Waals surface area (Å²) in [6.07, 6.45) is 1.68. The number of benzene rings is 2. The number of ether oxygens (including phenoxy) is 1. The smallest absolute Gasteiger partial charge is 0.319 e. The average molecular weight is 449 g/mol. The van der Waals surface area contributed by atoms with E-state index in [1.165, 1.54) is 0 Å². The minimum Gasteiger partial charge on any atom is -0.495 e. The average Bonchev–Trinajstić information content (AvgIpc) is 2.81. The van der Waals surface area contributed by atoms with E-state index in [-0.39, 0.29) is 18.0 Å². The first kappa shape index (κ1) is 22.3. The normalized spacial score (nSPS) is 14.5. The van der Waals surface area contributed by atoms with Gasteiger partial charge in [-0.2, -0.15) is 15.0 Å². The largest absolute Gasteiger partial charge is 0.495 e. The van der Waals surface area contributed by atoms with E-state index in [4.69, 9.17) is 10.5 Å². The molecule has 2 heterocycles. The summed E-state index contributed by atoms with van der Waals surface area (Å²) >= 11 is 0. The number of carbonyl (C=O) groups excluding carboxylic acids is 1. The Morgan fingerprint density at radius 1 is 1.06 bits per heavy atom. The topological polar surface area (TPSA) is 130 Å². The zero-order valence-electron chi connectivity index (χ0n) is 18.5. The van der Waals surface area contributed by atoms with Gasteiger partial charge in [-0.15, -0.1) is 0 Å². The van der Waals surface area contributed by atoms with Crippen LogP contribution in [0.2, 0.25) is 0 Å². The van der Waals surface area contributed by atoms with Crippen molar-refractivity contribution in [3.8, 4) is 5.75 Å². The number of para-hydroxylation sites is 3. The van der Waals surface area contributed by atoms with Gasteiger partial charge in [-0.1, -0.05) is 30.3 Å². The number of methoxy groups -OCH3 is 1. The molecule has 1 aliphatic heterocycles. The maximum Gasteiger partial charge on any atom is 0.319 e. The third-order valence-corrected chi connectivity index (χ3v) is 5.37. The van der Waals surface area contributed by atoms with Crippen LogP contribution in [0.4, 0.5) is 28.1 Å². The second kappa shape index (κ2) is 10.6. The highest BCUT2D eigenvalue weighted by molar-refractivity contribution is 5.89. The number of nitrogen functional groups attached to an aromatic ring is 1. The highest BCUT2D eigenvalue weighted by atomic mass is 16.5.